The third-order valence-corrected chi connectivity index (χ3v) is 6.27. The average molecular weight is 470 g/mol. The van der Waals surface area contributed by atoms with E-state index in [0.717, 1.165) is 12.0 Å². The summed E-state index contributed by atoms with van der Waals surface area (Å²) in [5.74, 6) is 1.41. The van der Waals surface area contributed by atoms with Crippen LogP contribution in [0.5, 0.6) is 11.5 Å². The van der Waals surface area contributed by atoms with Crippen LogP contribution in [-0.4, -0.2) is 19.6 Å². The summed E-state index contributed by atoms with van der Waals surface area (Å²) >= 11 is 0. The third-order valence-electron chi connectivity index (χ3n) is 6.27. The molecule has 0 saturated heterocycles. The molecule has 0 N–H and O–H groups in total. The maximum absolute atomic E-state index is 13.7. The number of amides is 1. The molecule has 1 aromatic heterocycles. The van der Waals surface area contributed by atoms with E-state index >= 15 is 0 Å². The first-order valence-electron chi connectivity index (χ1n) is 11.7. The monoisotopic (exact) mass is 469 g/mol. The van der Waals surface area contributed by atoms with Gasteiger partial charge < -0.3 is 13.9 Å². The normalized spacial score (nSPS) is 15.0. The van der Waals surface area contributed by atoms with Crippen LogP contribution < -0.4 is 19.8 Å². The number of hydrogen-bond donors (Lipinski definition) is 0. The summed E-state index contributed by atoms with van der Waals surface area (Å²) in [6, 6.07) is 21.2. The molecular weight excluding hydrogens is 442 g/mol. The lowest BCUT2D eigenvalue weighted by molar-refractivity contribution is 0.0971. The van der Waals surface area contributed by atoms with Crippen LogP contribution in [0.3, 0.4) is 0 Å². The summed E-state index contributed by atoms with van der Waals surface area (Å²) in [6.45, 7) is 4.86. The highest BCUT2D eigenvalue weighted by molar-refractivity contribution is 6.10. The number of methoxy groups -OCH3 is 1. The van der Waals surface area contributed by atoms with E-state index in [1.165, 1.54) is 0 Å². The van der Waals surface area contributed by atoms with Crippen molar-refractivity contribution in [3.05, 3.63) is 99.9 Å². The number of rotatable bonds is 7. The van der Waals surface area contributed by atoms with E-state index in [-0.39, 0.29) is 17.1 Å². The lowest BCUT2D eigenvalue weighted by atomic mass is 9.97. The minimum atomic E-state index is -0.667. The third kappa shape index (κ3) is 4.05. The van der Waals surface area contributed by atoms with Crippen molar-refractivity contribution in [2.45, 2.75) is 26.3 Å². The largest absolute Gasteiger partial charge is 0.493 e. The van der Waals surface area contributed by atoms with Crippen LogP contribution >= 0.6 is 0 Å². The van der Waals surface area contributed by atoms with Gasteiger partial charge in [-0.25, -0.2) is 0 Å². The first-order valence-corrected chi connectivity index (χ1v) is 11.7. The molecule has 0 radical (unpaired) electrons. The highest BCUT2D eigenvalue weighted by Gasteiger charge is 2.43. The number of ether oxygens (including phenoxy) is 2. The van der Waals surface area contributed by atoms with Crippen molar-refractivity contribution in [3.63, 3.8) is 0 Å². The predicted octanol–water partition coefficient (Wildman–Crippen LogP) is 5.98. The lowest BCUT2D eigenvalue weighted by Gasteiger charge is -2.26. The summed E-state index contributed by atoms with van der Waals surface area (Å²) in [6.07, 6.45) is 0.922. The molecule has 0 saturated carbocycles. The molecule has 5 rings (SSSR count). The summed E-state index contributed by atoms with van der Waals surface area (Å²) in [5, 5.41) is 0.444. The first-order chi connectivity index (χ1) is 17.0. The van der Waals surface area contributed by atoms with Crippen LogP contribution in [0.15, 0.2) is 82.0 Å². The topological polar surface area (TPSA) is 69.0 Å². The second-order valence-electron chi connectivity index (χ2n) is 9.02. The Morgan fingerprint density at radius 2 is 1.69 bits per heavy atom. The van der Waals surface area contributed by atoms with Gasteiger partial charge in [-0.15, -0.1) is 0 Å². The molecule has 1 atom stereocenters. The van der Waals surface area contributed by atoms with Crippen molar-refractivity contribution in [2.75, 3.05) is 18.6 Å². The van der Waals surface area contributed by atoms with Gasteiger partial charge in [0.2, 0.25) is 5.76 Å². The Kier molecular flexibility index (Phi) is 6.03. The van der Waals surface area contributed by atoms with Crippen LogP contribution in [0.2, 0.25) is 0 Å². The average Bonchev–Trinajstić information content (AvgIpc) is 3.17. The number of hydrogen-bond acceptors (Lipinski definition) is 5. The lowest BCUT2D eigenvalue weighted by Crippen LogP contribution is -2.29. The van der Waals surface area contributed by atoms with Crippen molar-refractivity contribution in [2.24, 2.45) is 5.92 Å². The Balaban J connectivity index is 1.67. The van der Waals surface area contributed by atoms with Gasteiger partial charge in [-0.2, -0.15) is 0 Å². The highest BCUT2D eigenvalue weighted by atomic mass is 16.5. The molecule has 3 aromatic carbocycles. The summed E-state index contributed by atoms with van der Waals surface area (Å²) < 4.78 is 17.6. The number of fused-ring (bicyclic) bond motifs is 2. The number of nitrogens with zero attached hydrogens (tertiary/aromatic N) is 1. The van der Waals surface area contributed by atoms with Crippen molar-refractivity contribution in [1.82, 2.24) is 0 Å². The zero-order chi connectivity index (χ0) is 24.5. The minimum absolute atomic E-state index is 0.0683. The SMILES string of the molecule is COc1cc(C2c3c(oc4ccccc4c3=O)C(=O)N2c2ccccc2)ccc1OCCC(C)C. The highest BCUT2D eigenvalue weighted by Crippen LogP contribution is 2.43. The summed E-state index contributed by atoms with van der Waals surface area (Å²) in [4.78, 5) is 28.9. The Hall–Kier alpha value is -4.06. The van der Waals surface area contributed by atoms with Gasteiger partial charge >= 0.3 is 0 Å². The fourth-order valence-corrected chi connectivity index (χ4v) is 4.47. The number of anilines is 1. The minimum Gasteiger partial charge on any atom is -0.493 e. The van der Waals surface area contributed by atoms with Crippen LogP contribution in [0, 0.1) is 5.92 Å². The fraction of sp³-hybridized carbons (Fsp3) is 0.241. The summed E-state index contributed by atoms with van der Waals surface area (Å²) in [7, 11) is 1.58. The molecule has 0 fully saturated rings. The fourth-order valence-electron chi connectivity index (χ4n) is 4.47. The molecule has 0 spiro atoms. The summed E-state index contributed by atoms with van der Waals surface area (Å²) in [5.41, 5.74) is 1.91. The predicted molar refractivity (Wildman–Crippen MR) is 136 cm³/mol. The Bertz CT molecular complexity index is 1440. The van der Waals surface area contributed by atoms with E-state index in [4.69, 9.17) is 13.9 Å². The van der Waals surface area contributed by atoms with E-state index in [1.807, 2.05) is 48.5 Å². The molecule has 6 nitrogen and oxygen atoms in total. The smallest absolute Gasteiger partial charge is 0.295 e. The van der Waals surface area contributed by atoms with Gasteiger partial charge in [0.1, 0.15) is 5.58 Å². The zero-order valence-corrected chi connectivity index (χ0v) is 20.0. The van der Waals surface area contributed by atoms with Crippen molar-refractivity contribution < 1.29 is 18.7 Å². The quantitative estimate of drug-likeness (QED) is 0.333. The molecule has 178 valence electrons. The van der Waals surface area contributed by atoms with E-state index < -0.39 is 6.04 Å². The van der Waals surface area contributed by atoms with Crippen molar-refractivity contribution in [1.29, 1.82) is 0 Å². The molecule has 1 aliphatic rings. The Labute approximate surface area is 203 Å². The van der Waals surface area contributed by atoms with Gasteiger partial charge in [0.05, 0.1) is 30.7 Å². The number of carbonyl (C=O) groups is 1. The van der Waals surface area contributed by atoms with Gasteiger partial charge in [-0.05, 0) is 54.3 Å². The molecule has 2 heterocycles. The van der Waals surface area contributed by atoms with Crippen LogP contribution in [-0.2, 0) is 0 Å². The van der Waals surface area contributed by atoms with Crippen LogP contribution in [0.1, 0.15) is 48.0 Å². The second kappa shape index (κ2) is 9.29. The maximum Gasteiger partial charge on any atom is 0.295 e. The van der Waals surface area contributed by atoms with E-state index in [2.05, 4.69) is 13.8 Å². The molecule has 1 amide bonds. The van der Waals surface area contributed by atoms with Gasteiger partial charge in [0.25, 0.3) is 5.91 Å². The van der Waals surface area contributed by atoms with Crippen LogP contribution in [0.25, 0.3) is 11.0 Å². The van der Waals surface area contributed by atoms with Gasteiger partial charge in [-0.1, -0.05) is 50.2 Å². The molecule has 4 aromatic rings. The Morgan fingerprint density at radius 3 is 2.43 bits per heavy atom. The van der Waals surface area contributed by atoms with E-state index in [0.29, 0.717) is 46.2 Å². The van der Waals surface area contributed by atoms with Gasteiger partial charge in [-0.3, -0.25) is 14.5 Å². The maximum atomic E-state index is 13.7. The molecule has 35 heavy (non-hydrogen) atoms. The van der Waals surface area contributed by atoms with Gasteiger partial charge in [0, 0.05) is 5.69 Å². The molecule has 0 aliphatic carbocycles. The standard InChI is InChI=1S/C29H27NO5/c1-18(2)15-16-34-23-14-13-19(17-24(23)33-3)26-25-27(31)21-11-7-8-12-22(21)35-28(25)29(32)30(26)20-9-5-4-6-10-20/h4-14,17-18,26H,15-16H2,1-3H3. The number of carbonyl (C=O) groups excluding carboxylic acids is 1. The van der Waals surface area contributed by atoms with Gasteiger partial charge in [0.15, 0.2) is 16.9 Å². The van der Waals surface area contributed by atoms with E-state index in [1.54, 1.807) is 36.3 Å². The number of para-hydroxylation sites is 2. The molecule has 1 aliphatic heterocycles. The molecule has 6 heteroatoms. The second-order valence-corrected chi connectivity index (χ2v) is 9.02. The zero-order valence-electron chi connectivity index (χ0n) is 20.0. The number of benzene rings is 3. The van der Waals surface area contributed by atoms with Crippen molar-refractivity contribution in [3.8, 4) is 11.5 Å². The first kappa shape index (κ1) is 22.7. The molecule has 0 bridgehead atoms. The molecule has 1 unspecified atom stereocenters. The van der Waals surface area contributed by atoms with Crippen molar-refractivity contribution >= 4 is 22.6 Å². The van der Waals surface area contributed by atoms with E-state index in [9.17, 15) is 9.59 Å². The van der Waals surface area contributed by atoms with Crippen LogP contribution in [0.4, 0.5) is 5.69 Å². The Morgan fingerprint density at radius 1 is 0.943 bits per heavy atom. The molecular formula is C29H27NO5.